The van der Waals surface area contributed by atoms with Crippen molar-refractivity contribution in [2.75, 3.05) is 0 Å². The topological polar surface area (TPSA) is 4.93 Å². The van der Waals surface area contributed by atoms with Gasteiger partial charge in [-0.1, -0.05) is 72.2 Å². The Balaban J connectivity index is 1.77. The Bertz CT molecular complexity index is 1420. The van der Waals surface area contributed by atoms with Crippen molar-refractivity contribution < 1.29 is 0 Å². The van der Waals surface area contributed by atoms with Crippen molar-refractivity contribution in [1.29, 1.82) is 0 Å². The summed E-state index contributed by atoms with van der Waals surface area (Å²) in [5, 5.41) is 2.62. The molecule has 0 saturated heterocycles. The normalized spacial score (nSPS) is 14.3. The summed E-state index contributed by atoms with van der Waals surface area (Å²) in [7, 11) is 0. The summed E-state index contributed by atoms with van der Waals surface area (Å²) in [4.78, 5) is 0. The first-order valence-corrected chi connectivity index (χ1v) is 10.8. The van der Waals surface area contributed by atoms with Crippen molar-refractivity contribution in [1.82, 2.24) is 4.57 Å². The van der Waals surface area contributed by atoms with Crippen molar-refractivity contribution in [2.45, 2.75) is 19.3 Å². The third-order valence-corrected chi connectivity index (χ3v) is 6.99. The van der Waals surface area contributed by atoms with Gasteiger partial charge >= 0.3 is 0 Å². The minimum absolute atomic E-state index is 0.00111. The number of para-hydroxylation sites is 1. The van der Waals surface area contributed by atoms with Gasteiger partial charge in [-0.25, -0.2) is 0 Å². The molecule has 1 aliphatic carbocycles. The Labute approximate surface area is 178 Å². The summed E-state index contributed by atoms with van der Waals surface area (Å²) in [5.74, 6) is 0. The minimum atomic E-state index is 0.00111. The average molecular weight is 438 g/mol. The molecule has 0 N–H and O–H groups in total. The first-order chi connectivity index (χ1) is 14.1. The van der Waals surface area contributed by atoms with Gasteiger partial charge in [-0.2, -0.15) is 0 Å². The van der Waals surface area contributed by atoms with E-state index >= 15 is 0 Å². The zero-order chi connectivity index (χ0) is 19.8. The van der Waals surface area contributed by atoms with E-state index in [2.05, 4.69) is 119 Å². The lowest BCUT2D eigenvalue weighted by molar-refractivity contribution is 0.661. The zero-order valence-corrected chi connectivity index (χ0v) is 18.0. The molecule has 4 aromatic carbocycles. The molecule has 0 unspecified atom stereocenters. The highest BCUT2D eigenvalue weighted by Crippen LogP contribution is 2.50. The van der Waals surface area contributed by atoms with E-state index in [4.69, 9.17) is 0 Å². The van der Waals surface area contributed by atoms with Crippen LogP contribution in [0.3, 0.4) is 0 Å². The lowest BCUT2D eigenvalue weighted by Crippen LogP contribution is -2.14. The molecular formula is C27H20BrN. The molecule has 0 atom stereocenters. The van der Waals surface area contributed by atoms with Gasteiger partial charge in [0.25, 0.3) is 0 Å². The quantitative estimate of drug-likeness (QED) is 0.251. The lowest BCUT2D eigenvalue weighted by Gasteiger charge is -2.21. The van der Waals surface area contributed by atoms with E-state index in [1.807, 2.05) is 0 Å². The maximum Gasteiger partial charge on any atom is 0.0544 e. The van der Waals surface area contributed by atoms with Crippen LogP contribution in [0.1, 0.15) is 25.0 Å². The summed E-state index contributed by atoms with van der Waals surface area (Å²) in [6, 6.07) is 31.0. The first-order valence-electron chi connectivity index (χ1n) is 9.99. The molecule has 2 heteroatoms. The fourth-order valence-corrected chi connectivity index (χ4v) is 5.30. The van der Waals surface area contributed by atoms with Gasteiger partial charge in [-0.15, -0.1) is 0 Å². The molecule has 29 heavy (non-hydrogen) atoms. The summed E-state index contributed by atoms with van der Waals surface area (Å²) in [5.41, 5.74) is 9.28. The third-order valence-electron chi connectivity index (χ3n) is 6.46. The summed E-state index contributed by atoms with van der Waals surface area (Å²) < 4.78 is 3.50. The van der Waals surface area contributed by atoms with Gasteiger partial charge in [-0.05, 0) is 64.7 Å². The molecule has 0 aliphatic heterocycles. The molecule has 140 valence electrons. The number of nitrogens with zero attached hydrogens (tertiary/aromatic N) is 1. The number of rotatable bonds is 1. The third kappa shape index (κ3) is 2.27. The maximum absolute atomic E-state index is 3.57. The van der Waals surface area contributed by atoms with Crippen LogP contribution in [0.5, 0.6) is 0 Å². The Hall–Kier alpha value is -2.84. The van der Waals surface area contributed by atoms with E-state index in [1.165, 1.54) is 49.7 Å². The minimum Gasteiger partial charge on any atom is -0.309 e. The smallest absolute Gasteiger partial charge is 0.0544 e. The Morgan fingerprint density at radius 3 is 2.21 bits per heavy atom. The van der Waals surface area contributed by atoms with Crippen molar-refractivity contribution in [2.24, 2.45) is 0 Å². The van der Waals surface area contributed by atoms with E-state index in [9.17, 15) is 0 Å². The van der Waals surface area contributed by atoms with Gasteiger partial charge < -0.3 is 4.57 Å². The molecule has 0 fully saturated rings. The highest BCUT2D eigenvalue weighted by molar-refractivity contribution is 9.10. The van der Waals surface area contributed by atoms with E-state index in [1.54, 1.807) is 0 Å². The molecule has 1 aromatic heterocycles. The van der Waals surface area contributed by atoms with E-state index in [0.717, 1.165) is 4.47 Å². The Kier molecular flexibility index (Phi) is 3.43. The number of fused-ring (bicyclic) bond motifs is 6. The van der Waals surface area contributed by atoms with Gasteiger partial charge in [0.05, 0.1) is 11.0 Å². The fourth-order valence-electron chi connectivity index (χ4n) is 5.03. The van der Waals surface area contributed by atoms with Crippen LogP contribution in [-0.2, 0) is 5.41 Å². The summed E-state index contributed by atoms with van der Waals surface area (Å²) in [6.45, 7) is 4.69. The molecule has 0 spiro atoms. The van der Waals surface area contributed by atoms with E-state index in [0.29, 0.717) is 0 Å². The van der Waals surface area contributed by atoms with Crippen molar-refractivity contribution in [3.8, 4) is 16.8 Å². The highest BCUT2D eigenvalue weighted by Gasteiger charge is 2.36. The molecule has 0 bridgehead atoms. The lowest BCUT2D eigenvalue weighted by atomic mass is 9.82. The monoisotopic (exact) mass is 437 g/mol. The van der Waals surface area contributed by atoms with E-state index in [-0.39, 0.29) is 5.41 Å². The number of hydrogen-bond donors (Lipinski definition) is 0. The zero-order valence-electron chi connectivity index (χ0n) is 16.4. The summed E-state index contributed by atoms with van der Waals surface area (Å²) in [6.07, 6.45) is 0. The molecule has 0 saturated carbocycles. The van der Waals surface area contributed by atoms with Gasteiger partial charge in [0.1, 0.15) is 0 Å². The number of benzene rings is 4. The van der Waals surface area contributed by atoms with E-state index < -0.39 is 0 Å². The largest absolute Gasteiger partial charge is 0.309 e. The molecule has 1 nitrogen and oxygen atoms in total. The highest BCUT2D eigenvalue weighted by atomic mass is 79.9. The van der Waals surface area contributed by atoms with Crippen LogP contribution >= 0.6 is 15.9 Å². The first kappa shape index (κ1) is 17.1. The molecule has 0 amide bonds. The molecule has 5 aromatic rings. The van der Waals surface area contributed by atoms with Crippen LogP contribution in [0, 0.1) is 0 Å². The molecule has 1 heterocycles. The van der Waals surface area contributed by atoms with Gasteiger partial charge in [-0.3, -0.25) is 0 Å². The van der Waals surface area contributed by atoms with Crippen molar-refractivity contribution in [3.05, 3.63) is 101 Å². The number of halogens is 1. The summed E-state index contributed by atoms with van der Waals surface area (Å²) >= 11 is 3.57. The van der Waals surface area contributed by atoms with Gasteiger partial charge in [0.2, 0.25) is 0 Å². The second-order valence-electron chi connectivity index (χ2n) is 8.41. The number of hydrogen-bond acceptors (Lipinski definition) is 0. The van der Waals surface area contributed by atoms with Crippen LogP contribution in [0.15, 0.2) is 89.4 Å². The SMILES string of the molecule is CC1(C)c2ccccc2-c2cc3c4ccccc4n(-c4ccc(Br)cc4)c3cc21. The van der Waals surface area contributed by atoms with Crippen LogP contribution in [0.4, 0.5) is 0 Å². The average Bonchev–Trinajstić information content (AvgIpc) is 3.18. The van der Waals surface area contributed by atoms with Crippen LogP contribution in [-0.4, -0.2) is 4.57 Å². The van der Waals surface area contributed by atoms with Crippen molar-refractivity contribution in [3.63, 3.8) is 0 Å². The standard InChI is InChI=1S/C27H20BrN/c1-27(2)23-9-5-3-7-19(23)21-15-22-20-8-4-6-10-25(20)29(26(22)16-24(21)27)18-13-11-17(28)12-14-18/h3-16H,1-2H3. The van der Waals surface area contributed by atoms with Crippen LogP contribution in [0.25, 0.3) is 38.6 Å². The number of aromatic nitrogens is 1. The predicted molar refractivity (Wildman–Crippen MR) is 126 cm³/mol. The Morgan fingerprint density at radius 1 is 0.655 bits per heavy atom. The second kappa shape index (κ2) is 5.84. The predicted octanol–water partition coefficient (Wildman–Crippen LogP) is 7.85. The molecule has 1 aliphatic rings. The molecule has 0 radical (unpaired) electrons. The maximum atomic E-state index is 3.57. The van der Waals surface area contributed by atoms with Crippen LogP contribution < -0.4 is 0 Å². The second-order valence-corrected chi connectivity index (χ2v) is 9.33. The fraction of sp³-hybridized carbons (Fsp3) is 0.111. The van der Waals surface area contributed by atoms with Gasteiger partial charge in [0, 0.05) is 26.3 Å². The van der Waals surface area contributed by atoms with Gasteiger partial charge in [0.15, 0.2) is 0 Å². The van der Waals surface area contributed by atoms with Crippen molar-refractivity contribution >= 4 is 37.7 Å². The Morgan fingerprint density at radius 2 is 1.38 bits per heavy atom. The molecular weight excluding hydrogens is 418 g/mol. The van der Waals surface area contributed by atoms with Crippen LogP contribution in [0.2, 0.25) is 0 Å². The molecule has 6 rings (SSSR count).